The molecule has 0 aliphatic carbocycles. The molecular formula is C27H33NO7. The molecular weight excluding hydrogens is 450 g/mol. The van der Waals surface area contributed by atoms with Crippen LogP contribution in [0.2, 0.25) is 0 Å². The summed E-state index contributed by atoms with van der Waals surface area (Å²) < 4.78 is 21.5. The molecule has 1 N–H and O–H groups in total. The van der Waals surface area contributed by atoms with Gasteiger partial charge in [0.25, 0.3) is 11.7 Å². The highest BCUT2D eigenvalue weighted by Gasteiger charge is 2.46. The van der Waals surface area contributed by atoms with Gasteiger partial charge in [0.2, 0.25) is 0 Å². The zero-order valence-electron chi connectivity index (χ0n) is 21.3. The molecule has 8 heteroatoms. The fraction of sp³-hybridized carbons (Fsp3) is 0.407. The average Bonchev–Trinajstić information content (AvgIpc) is 3.10. The van der Waals surface area contributed by atoms with E-state index < -0.39 is 17.7 Å². The van der Waals surface area contributed by atoms with Crippen LogP contribution < -0.4 is 14.2 Å². The lowest BCUT2D eigenvalue weighted by Crippen LogP contribution is -2.32. The number of aryl methyl sites for hydroxylation is 1. The first-order valence-corrected chi connectivity index (χ1v) is 11.4. The first kappa shape index (κ1) is 26.1. The Labute approximate surface area is 206 Å². The normalized spacial score (nSPS) is 17.3. The number of benzene rings is 2. The number of hydrogen-bond acceptors (Lipinski definition) is 7. The van der Waals surface area contributed by atoms with Crippen LogP contribution in [0.15, 0.2) is 35.9 Å². The van der Waals surface area contributed by atoms with Crippen molar-refractivity contribution in [2.24, 2.45) is 0 Å². The molecule has 1 saturated heterocycles. The molecule has 2 aromatic rings. The number of ketones is 1. The van der Waals surface area contributed by atoms with E-state index in [1.54, 1.807) is 25.3 Å². The Balaban J connectivity index is 2.27. The minimum atomic E-state index is -0.825. The summed E-state index contributed by atoms with van der Waals surface area (Å²) in [6.07, 6.45) is 0. The number of hydrogen-bond donors (Lipinski definition) is 1. The number of aliphatic hydroxyl groups is 1. The molecule has 8 nitrogen and oxygen atoms in total. The van der Waals surface area contributed by atoms with E-state index >= 15 is 0 Å². The molecule has 0 bridgehead atoms. The first-order valence-electron chi connectivity index (χ1n) is 11.4. The van der Waals surface area contributed by atoms with Crippen molar-refractivity contribution in [2.75, 3.05) is 41.6 Å². The number of methoxy groups -OCH3 is 4. The van der Waals surface area contributed by atoms with Gasteiger partial charge in [0, 0.05) is 19.2 Å². The number of amides is 1. The predicted octanol–water partition coefficient (Wildman–Crippen LogP) is 4.21. The van der Waals surface area contributed by atoms with Gasteiger partial charge >= 0.3 is 0 Å². The summed E-state index contributed by atoms with van der Waals surface area (Å²) in [4.78, 5) is 27.8. The molecule has 1 atom stereocenters. The molecule has 1 unspecified atom stereocenters. The molecule has 35 heavy (non-hydrogen) atoms. The van der Waals surface area contributed by atoms with Gasteiger partial charge < -0.3 is 29.0 Å². The summed E-state index contributed by atoms with van der Waals surface area (Å²) in [6, 6.07) is 8.00. The third-order valence-corrected chi connectivity index (χ3v) is 6.25. The van der Waals surface area contributed by atoms with Crippen LogP contribution in [0.5, 0.6) is 17.2 Å². The lowest BCUT2D eigenvalue weighted by Gasteiger charge is -2.26. The van der Waals surface area contributed by atoms with E-state index in [-0.39, 0.29) is 30.4 Å². The van der Waals surface area contributed by atoms with Crippen molar-refractivity contribution in [3.05, 3.63) is 58.2 Å². The highest BCUT2D eigenvalue weighted by atomic mass is 16.5. The van der Waals surface area contributed by atoms with Gasteiger partial charge in [-0.25, -0.2) is 0 Å². The van der Waals surface area contributed by atoms with Gasteiger partial charge in [-0.15, -0.1) is 0 Å². The number of aliphatic hydroxyl groups excluding tert-OH is 1. The molecule has 1 heterocycles. The largest absolute Gasteiger partial charge is 0.507 e. The Hall–Kier alpha value is -3.52. The van der Waals surface area contributed by atoms with Gasteiger partial charge in [-0.05, 0) is 53.8 Å². The summed E-state index contributed by atoms with van der Waals surface area (Å²) in [6.45, 7) is 6.27. The first-order chi connectivity index (χ1) is 16.7. The maximum Gasteiger partial charge on any atom is 0.295 e. The van der Waals surface area contributed by atoms with E-state index in [4.69, 9.17) is 18.9 Å². The van der Waals surface area contributed by atoms with Crippen LogP contribution in [0, 0.1) is 6.92 Å². The molecule has 0 saturated carbocycles. The van der Waals surface area contributed by atoms with E-state index in [1.165, 1.54) is 26.2 Å². The number of nitrogens with zero attached hydrogens (tertiary/aromatic N) is 1. The lowest BCUT2D eigenvalue weighted by molar-refractivity contribution is -0.140. The summed E-state index contributed by atoms with van der Waals surface area (Å²) in [5.74, 6) is 0.0973. The summed E-state index contributed by atoms with van der Waals surface area (Å²) >= 11 is 0. The molecule has 2 aromatic carbocycles. The van der Waals surface area contributed by atoms with Crippen molar-refractivity contribution >= 4 is 17.4 Å². The molecule has 1 aliphatic heterocycles. The van der Waals surface area contributed by atoms with E-state index in [1.807, 2.05) is 32.9 Å². The van der Waals surface area contributed by atoms with E-state index in [0.29, 0.717) is 28.4 Å². The molecule has 0 aromatic heterocycles. The minimum Gasteiger partial charge on any atom is -0.507 e. The van der Waals surface area contributed by atoms with Crippen LogP contribution in [0.4, 0.5) is 0 Å². The van der Waals surface area contributed by atoms with Crippen LogP contribution in [0.3, 0.4) is 0 Å². The van der Waals surface area contributed by atoms with E-state index in [0.717, 1.165) is 11.1 Å². The van der Waals surface area contributed by atoms with Crippen LogP contribution in [0.25, 0.3) is 5.76 Å². The quantitative estimate of drug-likeness (QED) is 0.324. The highest BCUT2D eigenvalue weighted by Crippen LogP contribution is 2.43. The molecule has 0 spiro atoms. The van der Waals surface area contributed by atoms with Crippen LogP contribution in [-0.2, 0) is 14.3 Å². The van der Waals surface area contributed by atoms with Crippen LogP contribution >= 0.6 is 0 Å². The Morgan fingerprint density at radius 3 is 2.20 bits per heavy atom. The zero-order valence-corrected chi connectivity index (χ0v) is 21.3. The third kappa shape index (κ3) is 4.84. The Bertz CT molecular complexity index is 1150. The number of carbonyl (C=O) groups excluding carboxylic acids is 2. The smallest absolute Gasteiger partial charge is 0.295 e. The van der Waals surface area contributed by atoms with Gasteiger partial charge in [-0.3, -0.25) is 9.59 Å². The average molecular weight is 484 g/mol. The Morgan fingerprint density at radius 2 is 1.63 bits per heavy atom. The summed E-state index contributed by atoms with van der Waals surface area (Å²) in [5.41, 5.74) is 2.70. The number of rotatable bonds is 9. The van der Waals surface area contributed by atoms with Crippen molar-refractivity contribution in [1.29, 1.82) is 0 Å². The maximum absolute atomic E-state index is 13.3. The van der Waals surface area contributed by atoms with Gasteiger partial charge in [-0.1, -0.05) is 19.9 Å². The Kier molecular flexibility index (Phi) is 8.07. The van der Waals surface area contributed by atoms with Gasteiger partial charge in [0.15, 0.2) is 11.5 Å². The predicted molar refractivity (Wildman–Crippen MR) is 132 cm³/mol. The van der Waals surface area contributed by atoms with Gasteiger partial charge in [-0.2, -0.15) is 0 Å². The van der Waals surface area contributed by atoms with Crippen LogP contribution in [-0.4, -0.2) is 63.3 Å². The summed E-state index contributed by atoms with van der Waals surface area (Å²) in [5, 5.41) is 11.5. The second-order valence-electron chi connectivity index (χ2n) is 8.66. The number of carbonyl (C=O) groups is 2. The maximum atomic E-state index is 13.3. The van der Waals surface area contributed by atoms with Crippen molar-refractivity contribution in [2.45, 2.75) is 32.7 Å². The highest BCUT2D eigenvalue weighted by molar-refractivity contribution is 6.46. The molecule has 1 fully saturated rings. The second kappa shape index (κ2) is 10.8. The molecule has 1 amide bonds. The number of likely N-dealkylation sites (tertiary alicyclic amines) is 1. The standard InChI is InChI=1S/C27H33NO7/c1-15(2)18-14-19(16(3)12-21(18)34-6)25(29)23-24(28(10-11-32-4)27(31)26(23)30)17-8-9-20(33-5)22(13-17)35-7/h8-9,12-15,24,29H,10-11H2,1-7H3/b25-23+. The fourth-order valence-corrected chi connectivity index (χ4v) is 4.40. The van der Waals surface area contributed by atoms with Crippen LogP contribution in [0.1, 0.15) is 48.1 Å². The monoisotopic (exact) mass is 483 g/mol. The van der Waals surface area contributed by atoms with E-state index in [9.17, 15) is 14.7 Å². The lowest BCUT2D eigenvalue weighted by atomic mass is 9.91. The fourth-order valence-electron chi connectivity index (χ4n) is 4.40. The number of Topliss-reactive ketones (excluding diaryl/α,β-unsaturated/α-hetero) is 1. The SMILES string of the molecule is COCCN1C(=O)C(=O)/C(=C(/O)c2cc(C(C)C)c(OC)cc2C)C1c1ccc(OC)c(OC)c1. The zero-order chi connectivity index (χ0) is 25.9. The van der Waals surface area contributed by atoms with Crippen molar-refractivity contribution in [3.63, 3.8) is 0 Å². The van der Waals surface area contributed by atoms with Gasteiger partial charge in [0.05, 0.1) is 39.6 Å². The van der Waals surface area contributed by atoms with Gasteiger partial charge in [0.1, 0.15) is 11.5 Å². The van der Waals surface area contributed by atoms with Crippen molar-refractivity contribution in [1.82, 2.24) is 4.90 Å². The number of ether oxygens (including phenoxy) is 4. The van der Waals surface area contributed by atoms with Crippen molar-refractivity contribution in [3.8, 4) is 17.2 Å². The molecule has 1 aliphatic rings. The topological polar surface area (TPSA) is 94.5 Å². The van der Waals surface area contributed by atoms with Crippen molar-refractivity contribution < 1.29 is 33.6 Å². The third-order valence-electron chi connectivity index (χ3n) is 6.25. The summed E-state index contributed by atoms with van der Waals surface area (Å²) in [7, 11) is 6.16. The minimum absolute atomic E-state index is 0.0151. The van der Waals surface area contributed by atoms with E-state index in [2.05, 4.69) is 0 Å². The second-order valence-corrected chi connectivity index (χ2v) is 8.66. The molecule has 3 rings (SSSR count). The molecule has 188 valence electrons. The molecule has 0 radical (unpaired) electrons. The Morgan fingerprint density at radius 1 is 0.971 bits per heavy atom.